The molecule has 2 N–H and O–H groups in total. The van der Waals surface area contributed by atoms with Gasteiger partial charge in [-0.3, -0.25) is 4.79 Å². The number of carbonyl (C=O) groups is 1. The van der Waals surface area contributed by atoms with Crippen LogP contribution in [0.15, 0.2) is 51.3 Å². The maximum absolute atomic E-state index is 11.7. The first-order chi connectivity index (χ1) is 14.4. The summed E-state index contributed by atoms with van der Waals surface area (Å²) in [6.45, 7) is 4.00. The molecule has 0 amide bonds. The molecule has 0 aliphatic rings. The SMILES string of the molecule is CC(C)CC(Cc1nc(Nc2cccc(C#N)c2)cc(Sc2nccs2)n1)C(=O)O. The van der Waals surface area contributed by atoms with Crippen LogP contribution in [0.2, 0.25) is 0 Å². The lowest BCUT2D eigenvalue weighted by atomic mass is 9.94. The van der Waals surface area contributed by atoms with Crippen LogP contribution in [-0.4, -0.2) is 26.0 Å². The molecule has 0 aliphatic heterocycles. The molecule has 3 aromatic rings. The Morgan fingerprint density at radius 1 is 1.33 bits per heavy atom. The summed E-state index contributed by atoms with van der Waals surface area (Å²) in [5.74, 6) is -0.141. The second-order valence-corrected chi connectivity index (χ2v) is 9.26. The molecule has 2 heterocycles. The number of hydrogen-bond acceptors (Lipinski definition) is 8. The largest absolute Gasteiger partial charge is 0.481 e. The van der Waals surface area contributed by atoms with Gasteiger partial charge in [-0.15, -0.1) is 11.3 Å². The Bertz CT molecular complexity index is 1050. The summed E-state index contributed by atoms with van der Waals surface area (Å²) in [5, 5.41) is 24.5. The summed E-state index contributed by atoms with van der Waals surface area (Å²) in [4.78, 5) is 25.1. The van der Waals surface area contributed by atoms with Gasteiger partial charge in [0.2, 0.25) is 0 Å². The number of rotatable bonds is 9. The first kappa shape index (κ1) is 21.7. The zero-order valence-electron chi connectivity index (χ0n) is 16.6. The average Bonchev–Trinajstić information content (AvgIpc) is 3.20. The Morgan fingerprint density at radius 3 is 2.83 bits per heavy atom. The van der Waals surface area contributed by atoms with Crippen molar-refractivity contribution in [1.29, 1.82) is 5.26 Å². The molecule has 0 saturated carbocycles. The molecule has 0 radical (unpaired) electrons. The fourth-order valence-corrected chi connectivity index (χ4v) is 4.49. The van der Waals surface area contributed by atoms with Crippen molar-refractivity contribution in [2.75, 3.05) is 5.32 Å². The van der Waals surface area contributed by atoms with Crippen LogP contribution >= 0.6 is 23.1 Å². The monoisotopic (exact) mass is 439 g/mol. The number of carboxylic acid groups (broad SMARTS) is 1. The predicted octanol–water partition coefficient (Wildman–Crippen LogP) is 4.99. The number of nitriles is 1. The average molecular weight is 440 g/mol. The van der Waals surface area contributed by atoms with E-state index in [0.29, 0.717) is 28.7 Å². The number of benzene rings is 1. The molecule has 30 heavy (non-hydrogen) atoms. The van der Waals surface area contributed by atoms with Crippen LogP contribution in [0.25, 0.3) is 0 Å². The molecule has 2 aromatic heterocycles. The van der Waals surface area contributed by atoms with Crippen molar-refractivity contribution < 1.29 is 9.90 Å². The number of nitrogens with one attached hydrogen (secondary N) is 1. The minimum atomic E-state index is -0.846. The van der Waals surface area contributed by atoms with Crippen LogP contribution < -0.4 is 5.32 Å². The second kappa shape index (κ2) is 10.2. The van der Waals surface area contributed by atoms with Crippen molar-refractivity contribution >= 4 is 40.6 Å². The highest BCUT2D eigenvalue weighted by atomic mass is 32.2. The molecular formula is C21H21N5O2S2. The fraction of sp³-hybridized carbons (Fsp3) is 0.286. The lowest BCUT2D eigenvalue weighted by Gasteiger charge is -2.15. The van der Waals surface area contributed by atoms with Crippen molar-refractivity contribution in [3.8, 4) is 6.07 Å². The molecule has 0 saturated heterocycles. The van der Waals surface area contributed by atoms with E-state index in [2.05, 4.69) is 26.3 Å². The predicted molar refractivity (Wildman–Crippen MR) is 117 cm³/mol. The van der Waals surface area contributed by atoms with Gasteiger partial charge in [0.05, 0.1) is 17.6 Å². The van der Waals surface area contributed by atoms with Gasteiger partial charge in [-0.05, 0) is 42.3 Å². The molecule has 1 atom stereocenters. The molecule has 3 rings (SSSR count). The van der Waals surface area contributed by atoms with Crippen LogP contribution in [0.3, 0.4) is 0 Å². The van der Waals surface area contributed by atoms with E-state index in [4.69, 9.17) is 5.26 Å². The van der Waals surface area contributed by atoms with E-state index in [0.717, 1.165) is 10.0 Å². The highest BCUT2D eigenvalue weighted by Gasteiger charge is 2.22. The molecule has 0 aliphatic carbocycles. The van der Waals surface area contributed by atoms with Crippen LogP contribution in [0, 0.1) is 23.2 Å². The van der Waals surface area contributed by atoms with Gasteiger partial charge < -0.3 is 10.4 Å². The van der Waals surface area contributed by atoms with Gasteiger partial charge in [0.1, 0.15) is 16.7 Å². The number of nitrogens with zero attached hydrogens (tertiary/aromatic N) is 4. The summed E-state index contributed by atoms with van der Waals surface area (Å²) in [7, 11) is 0. The van der Waals surface area contributed by atoms with Gasteiger partial charge in [0, 0.05) is 29.8 Å². The highest BCUT2D eigenvalue weighted by Crippen LogP contribution is 2.30. The highest BCUT2D eigenvalue weighted by molar-refractivity contribution is 8.01. The third-order valence-corrected chi connectivity index (χ3v) is 5.95. The van der Waals surface area contributed by atoms with E-state index in [-0.39, 0.29) is 12.3 Å². The van der Waals surface area contributed by atoms with Gasteiger partial charge >= 0.3 is 5.97 Å². The van der Waals surface area contributed by atoms with E-state index in [1.165, 1.54) is 23.1 Å². The first-order valence-electron chi connectivity index (χ1n) is 9.38. The Kier molecular flexibility index (Phi) is 7.38. The first-order valence-corrected chi connectivity index (χ1v) is 11.1. The van der Waals surface area contributed by atoms with E-state index in [1.54, 1.807) is 30.5 Å². The Balaban J connectivity index is 1.91. The minimum absolute atomic E-state index is 0.243. The summed E-state index contributed by atoms with van der Waals surface area (Å²) < 4.78 is 0.842. The molecule has 0 bridgehead atoms. The summed E-state index contributed by atoms with van der Waals surface area (Å²) >= 11 is 2.91. The van der Waals surface area contributed by atoms with Gasteiger partial charge in [-0.25, -0.2) is 15.0 Å². The zero-order chi connectivity index (χ0) is 21.5. The minimum Gasteiger partial charge on any atom is -0.481 e. The Morgan fingerprint density at radius 2 is 2.17 bits per heavy atom. The third-order valence-electron chi connectivity index (χ3n) is 4.15. The quantitative estimate of drug-likeness (QED) is 0.449. The fourth-order valence-electron chi connectivity index (χ4n) is 2.91. The van der Waals surface area contributed by atoms with Gasteiger partial charge in [-0.1, -0.05) is 19.9 Å². The molecule has 0 spiro atoms. The number of aromatic nitrogens is 3. The lowest BCUT2D eigenvalue weighted by Crippen LogP contribution is -2.20. The molecule has 0 fully saturated rings. The van der Waals surface area contributed by atoms with Crippen molar-refractivity contribution in [3.05, 3.63) is 53.3 Å². The molecule has 7 nitrogen and oxygen atoms in total. The molecule has 1 aromatic carbocycles. The summed E-state index contributed by atoms with van der Waals surface area (Å²) in [6, 6.07) is 11.0. The summed E-state index contributed by atoms with van der Waals surface area (Å²) in [6.07, 6.45) is 2.52. The normalized spacial score (nSPS) is 11.8. The van der Waals surface area contributed by atoms with E-state index in [1.807, 2.05) is 25.3 Å². The maximum Gasteiger partial charge on any atom is 0.306 e. The van der Waals surface area contributed by atoms with Crippen molar-refractivity contribution in [2.45, 2.75) is 36.1 Å². The van der Waals surface area contributed by atoms with Crippen molar-refractivity contribution in [1.82, 2.24) is 15.0 Å². The molecule has 1 unspecified atom stereocenters. The van der Waals surface area contributed by atoms with Crippen LogP contribution in [-0.2, 0) is 11.2 Å². The van der Waals surface area contributed by atoms with Gasteiger partial charge in [-0.2, -0.15) is 5.26 Å². The number of carboxylic acids is 1. The van der Waals surface area contributed by atoms with E-state index in [9.17, 15) is 9.90 Å². The maximum atomic E-state index is 11.7. The second-order valence-electron chi connectivity index (χ2n) is 7.09. The van der Waals surface area contributed by atoms with Gasteiger partial charge in [0.25, 0.3) is 0 Å². The van der Waals surface area contributed by atoms with Crippen molar-refractivity contribution in [3.63, 3.8) is 0 Å². The smallest absolute Gasteiger partial charge is 0.306 e. The number of anilines is 2. The molecular weight excluding hydrogens is 418 g/mol. The van der Waals surface area contributed by atoms with Crippen molar-refractivity contribution in [2.24, 2.45) is 11.8 Å². The number of thiazole rings is 1. The molecule has 9 heteroatoms. The molecule has 154 valence electrons. The third kappa shape index (κ3) is 6.27. The standard InChI is InChI=1S/C21H21N5O2S2/c1-13(2)8-15(20(27)28)10-17-25-18(24-16-5-3-4-14(9-16)12-22)11-19(26-17)30-21-23-6-7-29-21/h3-7,9,11,13,15H,8,10H2,1-2H3,(H,27,28)(H,24,25,26). The van der Waals surface area contributed by atoms with E-state index >= 15 is 0 Å². The van der Waals surface area contributed by atoms with Crippen LogP contribution in [0.4, 0.5) is 11.5 Å². The van der Waals surface area contributed by atoms with Crippen LogP contribution in [0.5, 0.6) is 0 Å². The lowest BCUT2D eigenvalue weighted by molar-refractivity contribution is -0.142. The topological polar surface area (TPSA) is 112 Å². The number of hydrogen-bond donors (Lipinski definition) is 2. The van der Waals surface area contributed by atoms with E-state index < -0.39 is 11.9 Å². The Hall–Kier alpha value is -2.96. The van der Waals surface area contributed by atoms with Crippen LogP contribution in [0.1, 0.15) is 31.7 Å². The Labute approximate surface area is 183 Å². The van der Waals surface area contributed by atoms with Gasteiger partial charge in [0.15, 0.2) is 4.34 Å². The zero-order valence-corrected chi connectivity index (χ0v) is 18.2. The summed E-state index contributed by atoms with van der Waals surface area (Å²) in [5.41, 5.74) is 1.26. The number of aliphatic carboxylic acids is 1.